The summed E-state index contributed by atoms with van der Waals surface area (Å²) in [6.45, 7) is 2.73. The summed E-state index contributed by atoms with van der Waals surface area (Å²) in [6, 6.07) is 5.37. The zero-order valence-corrected chi connectivity index (χ0v) is 18.1. The van der Waals surface area contributed by atoms with Gasteiger partial charge in [-0.1, -0.05) is 27.7 Å². The van der Waals surface area contributed by atoms with Crippen molar-refractivity contribution in [1.82, 2.24) is 10.6 Å². The molecule has 0 aromatic heterocycles. The van der Waals surface area contributed by atoms with Gasteiger partial charge in [-0.2, -0.15) is 0 Å². The topological polar surface area (TPSA) is 123 Å². The Labute approximate surface area is 182 Å². The summed E-state index contributed by atoms with van der Waals surface area (Å²) >= 11 is 0. The van der Waals surface area contributed by atoms with E-state index in [9.17, 15) is 19.5 Å². The van der Waals surface area contributed by atoms with Crippen LogP contribution in [0.15, 0.2) is 30.0 Å². The SMILES string of the molecule is CCOC(=O)C(=O)NCCSSCCNC(=O)/C(=C/O)Cc1ccc2c(c1)OCO2. The number of aliphatic hydroxyl groups is 1. The van der Waals surface area contributed by atoms with E-state index in [1.54, 1.807) is 19.1 Å². The van der Waals surface area contributed by atoms with Crippen molar-refractivity contribution in [2.24, 2.45) is 0 Å². The second kappa shape index (κ2) is 12.9. The molecule has 1 aliphatic rings. The third kappa shape index (κ3) is 7.71. The van der Waals surface area contributed by atoms with E-state index >= 15 is 0 Å². The predicted octanol–water partition coefficient (Wildman–Crippen LogP) is 1.58. The van der Waals surface area contributed by atoms with Crippen molar-refractivity contribution < 1.29 is 33.7 Å². The Morgan fingerprint density at radius 1 is 1.10 bits per heavy atom. The summed E-state index contributed by atoms with van der Waals surface area (Å²) in [6.07, 6.45) is 1.08. The van der Waals surface area contributed by atoms with Gasteiger partial charge in [0.1, 0.15) is 0 Å². The molecule has 0 aliphatic carbocycles. The van der Waals surface area contributed by atoms with Crippen LogP contribution in [0, 0.1) is 0 Å². The van der Waals surface area contributed by atoms with Crippen LogP contribution in [0.4, 0.5) is 0 Å². The van der Waals surface area contributed by atoms with Gasteiger partial charge in [0, 0.05) is 31.0 Å². The zero-order valence-electron chi connectivity index (χ0n) is 16.5. The molecule has 3 N–H and O–H groups in total. The van der Waals surface area contributed by atoms with Gasteiger partial charge in [0.25, 0.3) is 5.91 Å². The molecule has 0 spiro atoms. The van der Waals surface area contributed by atoms with Gasteiger partial charge >= 0.3 is 11.9 Å². The molecular weight excluding hydrogens is 432 g/mol. The molecule has 1 aromatic carbocycles. The van der Waals surface area contributed by atoms with E-state index in [4.69, 9.17) is 9.47 Å². The molecule has 1 aliphatic heterocycles. The quantitative estimate of drug-likeness (QED) is 0.114. The molecule has 11 heteroatoms. The Bertz CT molecular complexity index is 786. The number of hydrogen-bond acceptors (Lipinski definition) is 9. The van der Waals surface area contributed by atoms with Gasteiger partial charge < -0.3 is 30.0 Å². The second-order valence-corrected chi connectivity index (χ2v) is 8.60. The lowest BCUT2D eigenvalue weighted by Crippen LogP contribution is -2.33. The number of amides is 2. The van der Waals surface area contributed by atoms with Gasteiger partial charge in [0.05, 0.1) is 18.4 Å². The molecule has 0 saturated carbocycles. The fraction of sp³-hybridized carbons (Fsp3) is 0.421. The number of nitrogens with one attached hydrogen (secondary N) is 2. The van der Waals surface area contributed by atoms with Crippen molar-refractivity contribution in [2.45, 2.75) is 13.3 Å². The number of aliphatic hydroxyl groups excluding tert-OH is 1. The largest absolute Gasteiger partial charge is 0.515 e. The molecule has 2 rings (SSSR count). The van der Waals surface area contributed by atoms with Crippen LogP contribution < -0.4 is 20.1 Å². The van der Waals surface area contributed by atoms with Crippen molar-refractivity contribution >= 4 is 39.4 Å². The van der Waals surface area contributed by atoms with Gasteiger partial charge in [-0.15, -0.1) is 0 Å². The highest BCUT2D eigenvalue weighted by Gasteiger charge is 2.16. The highest BCUT2D eigenvalue weighted by molar-refractivity contribution is 8.76. The zero-order chi connectivity index (χ0) is 21.8. The molecule has 0 radical (unpaired) electrons. The third-order valence-electron chi connectivity index (χ3n) is 3.77. The summed E-state index contributed by atoms with van der Waals surface area (Å²) in [7, 11) is 3.03. The molecule has 0 unspecified atom stereocenters. The Morgan fingerprint density at radius 2 is 1.77 bits per heavy atom. The van der Waals surface area contributed by atoms with Crippen LogP contribution in [-0.4, -0.2) is 60.9 Å². The van der Waals surface area contributed by atoms with E-state index in [1.165, 1.54) is 21.6 Å². The predicted molar refractivity (Wildman–Crippen MR) is 115 cm³/mol. The number of carbonyl (C=O) groups is 3. The van der Waals surface area contributed by atoms with E-state index in [-0.39, 0.29) is 31.3 Å². The number of rotatable bonds is 11. The Balaban J connectivity index is 1.58. The number of benzene rings is 1. The fourth-order valence-corrected chi connectivity index (χ4v) is 4.18. The molecule has 30 heavy (non-hydrogen) atoms. The van der Waals surface area contributed by atoms with E-state index in [2.05, 4.69) is 15.4 Å². The van der Waals surface area contributed by atoms with E-state index in [1.807, 2.05) is 6.07 Å². The molecule has 1 aromatic rings. The van der Waals surface area contributed by atoms with Crippen LogP contribution in [0.1, 0.15) is 12.5 Å². The number of hydrogen-bond donors (Lipinski definition) is 3. The molecule has 1 heterocycles. The lowest BCUT2D eigenvalue weighted by atomic mass is 10.0. The minimum atomic E-state index is -0.883. The monoisotopic (exact) mass is 456 g/mol. The van der Waals surface area contributed by atoms with Gasteiger partial charge in [-0.05, 0) is 24.6 Å². The van der Waals surface area contributed by atoms with Crippen LogP contribution in [0.25, 0.3) is 0 Å². The Hall–Kier alpha value is -2.53. The summed E-state index contributed by atoms with van der Waals surface area (Å²) in [5.41, 5.74) is 1.07. The first-order valence-corrected chi connectivity index (χ1v) is 11.7. The van der Waals surface area contributed by atoms with Crippen molar-refractivity contribution in [3.05, 3.63) is 35.6 Å². The Morgan fingerprint density at radius 3 is 2.43 bits per heavy atom. The number of ether oxygens (including phenoxy) is 3. The van der Waals surface area contributed by atoms with Crippen LogP contribution >= 0.6 is 21.6 Å². The van der Waals surface area contributed by atoms with Crippen LogP contribution in [0.2, 0.25) is 0 Å². The number of carbonyl (C=O) groups excluding carboxylic acids is 3. The molecule has 0 saturated heterocycles. The first-order chi connectivity index (χ1) is 14.5. The standard InChI is InChI=1S/C19H24N2O7S2/c1-2-26-19(25)18(24)21-6-8-30-29-7-5-20-17(23)14(11-22)9-13-3-4-15-16(10-13)28-12-27-15/h3-4,10-11,22H,2,5-9,12H2,1H3,(H,20,23)(H,21,24)/b14-11+. The average Bonchev–Trinajstić information content (AvgIpc) is 3.21. The van der Waals surface area contributed by atoms with Crippen molar-refractivity contribution in [3.63, 3.8) is 0 Å². The van der Waals surface area contributed by atoms with Gasteiger partial charge in [-0.25, -0.2) is 4.79 Å². The summed E-state index contributed by atoms with van der Waals surface area (Å²) in [5.74, 6) is 0.555. The van der Waals surface area contributed by atoms with E-state index in [0.29, 0.717) is 36.1 Å². The highest BCUT2D eigenvalue weighted by Crippen LogP contribution is 2.33. The minimum Gasteiger partial charge on any atom is -0.515 e. The highest BCUT2D eigenvalue weighted by atomic mass is 33.1. The molecule has 0 fully saturated rings. The average molecular weight is 457 g/mol. The van der Waals surface area contributed by atoms with Gasteiger partial charge in [0.2, 0.25) is 6.79 Å². The summed E-state index contributed by atoms with van der Waals surface area (Å²) < 4.78 is 15.2. The maximum Gasteiger partial charge on any atom is 0.396 e. The second-order valence-electron chi connectivity index (χ2n) is 5.89. The minimum absolute atomic E-state index is 0.159. The van der Waals surface area contributed by atoms with Crippen LogP contribution in [0.5, 0.6) is 11.5 Å². The van der Waals surface area contributed by atoms with Crippen LogP contribution in [0.3, 0.4) is 0 Å². The lowest BCUT2D eigenvalue weighted by Gasteiger charge is -2.09. The molecule has 164 valence electrons. The third-order valence-corrected chi connectivity index (χ3v) is 6.17. The number of fused-ring (bicyclic) bond motifs is 1. The van der Waals surface area contributed by atoms with E-state index in [0.717, 1.165) is 11.8 Å². The van der Waals surface area contributed by atoms with Crippen molar-refractivity contribution in [3.8, 4) is 11.5 Å². The lowest BCUT2D eigenvalue weighted by molar-refractivity contribution is -0.154. The summed E-state index contributed by atoms with van der Waals surface area (Å²) in [5, 5.41) is 14.6. The smallest absolute Gasteiger partial charge is 0.396 e. The van der Waals surface area contributed by atoms with E-state index < -0.39 is 11.9 Å². The molecular formula is C19H24N2O7S2. The van der Waals surface area contributed by atoms with Gasteiger partial charge in [0.15, 0.2) is 11.5 Å². The Kier molecular flexibility index (Phi) is 10.2. The molecule has 9 nitrogen and oxygen atoms in total. The summed E-state index contributed by atoms with van der Waals surface area (Å²) in [4.78, 5) is 34.7. The number of esters is 1. The maximum absolute atomic E-state index is 12.2. The first-order valence-electron chi connectivity index (χ1n) is 9.24. The van der Waals surface area contributed by atoms with Crippen molar-refractivity contribution in [2.75, 3.05) is 38.0 Å². The fourth-order valence-electron chi connectivity index (χ4n) is 2.37. The normalized spacial score (nSPS) is 12.4. The van der Waals surface area contributed by atoms with Crippen molar-refractivity contribution in [1.29, 1.82) is 0 Å². The molecule has 2 amide bonds. The molecule has 0 bridgehead atoms. The maximum atomic E-state index is 12.2. The first kappa shape index (κ1) is 23.7. The molecule has 0 atom stereocenters. The van der Waals surface area contributed by atoms with Gasteiger partial charge in [-0.3, -0.25) is 9.59 Å². The van der Waals surface area contributed by atoms with Crippen LogP contribution in [-0.2, 0) is 25.5 Å².